The number of nitrogens with one attached hydrogen (secondary N) is 2. The lowest BCUT2D eigenvalue weighted by Gasteiger charge is -2.25. The van der Waals surface area contributed by atoms with Crippen molar-refractivity contribution in [3.8, 4) is 0 Å². The Labute approximate surface area is 157 Å². The summed E-state index contributed by atoms with van der Waals surface area (Å²) in [7, 11) is 0. The average molecular weight is 375 g/mol. The summed E-state index contributed by atoms with van der Waals surface area (Å²) in [5.74, 6) is -2.54. The van der Waals surface area contributed by atoms with Crippen molar-refractivity contribution in [1.29, 1.82) is 0 Å². The second kappa shape index (κ2) is 7.66. The number of carbonyl (C=O) groups is 3. The maximum atomic E-state index is 12.3. The summed E-state index contributed by atoms with van der Waals surface area (Å²) in [6.45, 7) is 6.65. The third-order valence-electron chi connectivity index (χ3n) is 5.28. The molecule has 0 radical (unpaired) electrons. The maximum absolute atomic E-state index is 12.3. The van der Waals surface area contributed by atoms with Crippen molar-refractivity contribution >= 4 is 29.2 Å². The Morgan fingerprint density at radius 1 is 1.07 bits per heavy atom. The first-order valence-corrected chi connectivity index (χ1v) is 9.02. The minimum Gasteiger partial charge on any atom is -0.481 e. The number of hydrogen-bond donors (Lipinski definition) is 3. The third-order valence-corrected chi connectivity index (χ3v) is 5.28. The van der Waals surface area contributed by atoms with Crippen molar-refractivity contribution in [2.75, 3.05) is 43.5 Å². The van der Waals surface area contributed by atoms with Gasteiger partial charge in [-0.1, -0.05) is 13.8 Å². The molecule has 27 heavy (non-hydrogen) atoms. The Bertz CT molecular complexity index is 725. The number of hydrogen-bond acceptors (Lipinski definition) is 5. The molecule has 1 heterocycles. The van der Waals surface area contributed by atoms with Crippen LogP contribution in [-0.4, -0.2) is 60.6 Å². The second-order valence-electron chi connectivity index (χ2n) is 7.62. The predicted octanol–water partition coefficient (Wildman–Crippen LogP) is 1.25. The summed E-state index contributed by atoms with van der Waals surface area (Å²) in [4.78, 5) is 37.7. The minimum atomic E-state index is -0.946. The van der Waals surface area contributed by atoms with E-state index >= 15 is 0 Å². The molecule has 1 aromatic carbocycles. The number of rotatable bonds is 6. The molecule has 2 aliphatic rings. The zero-order valence-corrected chi connectivity index (χ0v) is 15.5. The molecule has 8 heteroatoms. The number of benzene rings is 1. The summed E-state index contributed by atoms with van der Waals surface area (Å²) in [6.07, 6.45) is 0. The molecular weight excluding hydrogens is 350 g/mol. The van der Waals surface area contributed by atoms with Crippen LogP contribution in [0.25, 0.3) is 0 Å². The van der Waals surface area contributed by atoms with Crippen molar-refractivity contribution in [2.24, 2.45) is 17.3 Å². The maximum Gasteiger partial charge on any atom is 0.307 e. The number of carbonyl (C=O) groups excluding carboxylic acids is 2. The molecule has 1 saturated carbocycles. The number of amides is 2. The molecule has 8 nitrogen and oxygen atoms in total. The number of aliphatic carboxylic acids is 1. The van der Waals surface area contributed by atoms with Crippen LogP contribution < -0.4 is 10.6 Å². The monoisotopic (exact) mass is 375 g/mol. The van der Waals surface area contributed by atoms with E-state index in [9.17, 15) is 19.5 Å². The molecule has 1 saturated heterocycles. The average Bonchev–Trinajstić information content (AvgIpc) is 3.20. The molecule has 1 aromatic rings. The van der Waals surface area contributed by atoms with Crippen LogP contribution in [0.4, 0.5) is 11.4 Å². The molecule has 0 bridgehead atoms. The van der Waals surface area contributed by atoms with E-state index in [1.165, 1.54) is 0 Å². The predicted molar refractivity (Wildman–Crippen MR) is 99.4 cm³/mol. The van der Waals surface area contributed by atoms with Crippen LogP contribution in [0.1, 0.15) is 13.8 Å². The zero-order valence-electron chi connectivity index (χ0n) is 15.5. The van der Waals surface area contributed by atoms with E-state index < -0.39 is 23.2 Å². The molecule has 1 aliphatic heterocycles. The topological polar surface area (TPSA) is 108 Å². The van der Waals surface area contributed by atoms with Gasteiger partial charge in [0.25, 0.3) is 0 Å². The van der Waals surface area contributed by atoms with Crippen LogP contribution in [-0.2, 0) is 19.1 Å². The van der Waals surface area contributed by atoms with Gasteiger partial charge in [-0.3, -0.25) is 19.3 Å². The lowest BCUT2D eigenvalue weighted by molar-refractivity contribution is -0.140. The standard InChI is InChI=1S/C19H25N3O5/c1-19(2)15(16(19)18(25)26)17(24)21-13-5-3-12(4-6-13)20-14(23)11-22-7-9-27-10-8-22/h3-6,15-16H,7-11H2,1-2H3,(H,20,23)(H,21,24)(H,25,26)/t15-,16+/m1/s1. The van der Waals surface area contributed by atoms with Crippen molar-refractivity contribution < 1.29 is 24.2 Å². The van der Waals surface area contributed by atoms with Gasteiger partial charge in [-0.2, -0.15) is 0 Å². The highest BCUT2D eigenvalue weighted by Crippen LogP contribution is 2.58. The lowest BCUT2D eigenvalue weighted by Crippen LogP contribution is -2.41. The summed E-state index contributed by atoms with van der Waals surface area (Å²) in [5.41, 5.74) is 0.669. The van der Waals surface area contributed by atoms with Crippen molar-refractivity contribution in [3.63, 3.8) is 0 Å². The van der Waals surface area contributed by atoms with Crippen LogP contribution in [0.5, 0.6) is 0 Å². The van der Waals surface area contributed by atoms with Gasteiger partial charge in [-0.25, -0.2) is 0 Å². The van der Waals surface area contributed by atoms with Gasteiger partial charge in [0.1, 0.15) is 0 Å². The highest BCUT2D eigenvalue weighted by Gasteiger charge is 2.65. The fourth-order valence-corrected chi connectivity index (χ4v) is 3.61. The van der Waals surface area contributed by atoms with Crippen molar-refractivity contribution in [2.45, 2.75) is 13.8 Å². The molecule has 3 rings (SSSR count). The number of carboxylic acid groups (broad SMARTS) is 1. The number of ether oxygens (including phenoxy) is 1. The molecule has 2 fully saturated rings. The van der Waals surface area contributed by atoms with Gasteiger partial charge >= 0.3 is 5.97 Å². The van der Waals surface area contributed by atoms with Crippen molar-refractivity contribution in [3.05, 3.63) is 24.3 Å². The Balaban J connectivity index is 1.51. The fraction of sp³-hybridized carbons (Fsp3) is 0.526. The molecule has 3 N–H and O–H groups in total. The molecule has 0 unspecified atom stereocenters. The van der Waals surface area contributed by atoms with Crippen LogP contribution >= 0.6 is 0 Å². The summed E-state index contributed by atoms with van der Waals surface area (Å²) in [6, 6.07) is 6.79. The van der Waals surface area contributed by atoms with Crippen LogP contribution in [0, 0.1) is 17.3 Å². The largest absolute Gasteiger partial charge is 0.481 e. The van der Waals surface area contributed by atoms with E-state index in [0.29, 0.717) is 31.1 Å². The summed E-state index contributed by atoms with van der Waals surface area (Å²) < 4.78 is 5.26. The van der Waals surface area contributed by atoms with E-state index in [1.54, 1.807) is 38.1 Å². The van der Waals surface area contributed by atoms with Crippen LogP contribution in [0.2, 0.25) is 0 Å². The Morgan fingerprint density at radius 2 is 1.63 bits per heavy atom. The fourth-order valence-electron chi connectivity index (χ4n) is 3.61. The van der Waals surface area contributed by atoms with Gasteiger partial charge in [-0.05, 0) is 29.7 Å². The highest BCUT2D eigenvalue weighted by molar-refractivity contribution is 6.00. The first kappa shape index (κ1) is 19.3. The smallest absolute Gasteiger partial charge is 0.307 e. The molecule has 146 valence electrons. The lowest BCUT2D eigenvalue weighted by atomic mass is 10.1. The minimum absolute atomic E-state index is 0.0993. The van der Waals surface area contributed by atoms with E-state index in [2.05, 4.69) is 10.6 Å². The number of morpholine rings is 1. The number of anilines is 2. The second-order valence-corrected chi connectivity index (χ2v) is 7.62. The normalized spacial score (nSPS) is 24.1. The van der Waals surface area contributed by atoms with Gasteiger partial charge in [-0.15, -0.1) is 0 Å². The summed E-state index contributed by atoms with van der Waals surface area (Å²) in [5, 5.41) is 14.8. The quantitative estimate of drug-likeness (QED) is 0.691. The first-order valence-electron chi connectivity index (χ1n) is 9.02. The Hall–Kier alpha value is -2.45. The number of carboxylic acids is 1. The van der Waals surface area contributed by atoms with E-state index in [0.717, 1.165) is 13.1 Å². The van der Waals surface area contributed by atoms with E-state index in [1.807, 2.05) is 4.90 Å². The highest BCUT2D eigenvalue weighted by atomic mass is 16.5. The Morgan fingerprint density at radius 3 is 2.15 bits per heavy atom. The van der Waals surface area contributed by atoms with Crippen molar-refractivity contribution in [1.82, 2.24) is 4.90 Å². The molecule has 2 atom stereocenters. The van der Waals surface area contributed by atoms with Gasteiger partial charge in [0.2, 0.25) is 11.8 Å². The SMILES string of the molecule is CC1(C)[C@H](C(=O)O)[C@@H]1C(=O)Nc1ccc(NC(=O)CN2CCOCC2)cc1. The molecule has 1 aliphatic carbocycles. The molecule has 0 spiro atoms. The van der Waals surface area contributed by atoms with Crippen LogP contribution in [0.3, 0.4) is 0 Å². The zero-order chi connectivity index (χ0) is 19.6. The van der Waals surface area contributed by atoms with Gasteiger partial charge in [0, 0.05) is 24.5 Å². The van der Waals surface area contributed by atoms with Gasteiger partial charge < -0.3 is 20.5 Å². The van der Waals surface area contributed by atoms with Gasteiger partial charge in [0.15, 0.2) is 0 Å². The number of nitrogens with zero attached hydrogens (tertiary/aromatic N) is 1. The Kier molecular flexibility index (Phi) is 5.48. The first-order chi connectivity index (χ1) is 12.8. The van der Waals surface area contributed by atoms with E-state index in [4.69, 9.17) is 4.74 Å². The summed E-state index contributed by atoms with van der Waals surface area (Å²) >= 11 is 0. The van der Waals surface area contributed by atoms with Crippen LogP contribution in [0.15, 0.2) is 24.3 Å². The molecular formula is C19H25N3O5. The van der Waals surface area contributed by atoms with E-state index in [-0.39, 0.29) is 11.8 Å². The van der Waals surface area contributed by atoms with Gasteiger partial charge in [0.05, 0.1) is 31.6 Å². The third kappa shape index (κ3) is 4.45. The molecule has 2 amide bonds. The molecule has 0 aromatic heterocycles.